The number of imidazole rings is 1. The van der Waals surface area contributed by atoms with Crippen molar-refractivity contribution >= 4 is 32.5 Å². The second kappa shape index (κ2) is 10.9. The van der Waals surface area contributed by atoms with Crippen LogP contribution >= 0.6 is 0 Å². The van der Waals surface area contributed by atoms with Gasteiger partial charge in [0.2, 0.25) is 0 Å². The first kappa shape index (κ1) is 27.3. The van der Waals surface area contributed by atoms with Crippen molar-refractivity contribution in [1.29, 1.82) is 0 Å². The van der Waals surface area contributed by atoms with Crippen molar-refractivity contribution in [3.05, 3.63) is 47.8 Å². The average molecular weight is 551 g/mol. The SMILES string of the molecule is COc1ccc(S(C)(=O)=O)cc1NCC#Cc1cc(C(=O)N2CCOCC2)c2ncn(CC(F)(F)F)c2c1. The van der Waals surface area contributed by atoms with Gasteiger partial charge in [0, 0.05) is 24.9 Å². The molecule has 3 aromatic rings. The van der Waals surface area contributed by atoms with Crippen LogP contribution in [-0.4, -0.2) is 81.2 Å². The number of hydrogen-bond donors (Lipinski definition) is 1. The minimum atomic E-state index is -4.48. The third-order valence-corrected chi connectivity index (χ3v) is 6.91. The number of benzene rings is 2. The van der Waals surface area contributed by atoms with Gasteiger partial charge in [-0.05, 0) is 30.3 Å². The number of rotatable bonds is 6. The highest BCUT2D eigenvalue weighted by atomic mass is 32.2. The predicted molar refractivity (Wildman–Crippen MR) is 134 cm³/mol. The molecule has 1 N–H and O–H groups in total. The Morgan fingerprint density at radius 1 is 1.21 bits per heavy atom. The smallest absolute Gasteiger partial charge is 0.406 e. The van der Waals surface area contributed by atoms with Crippen LogP contribution in [0.25, 0.3) is 11.0 Å². The van der Waals surface area contributed by atoms with E-state index in [1.54, 1.807) is 4.90 Å². The monoisotopic (exact) mass is 550 g/mol. The van der Waals surface area contributed by atoms with Crippen LogP contribution in [0.2, 0.25) is 0 Å². The number of nitrogens with zero attached hydrogens (tertiary/aromatic N) is 3. The molecular formula is C25H25F3N4O5S. The number of morpholine rings is 1. The van der Waals surface area contributed by atoms with E-state index in [0.29, 0.717) is 43.3 Å². The van der Waals surface area contributed by atoms with E-state index in [-0.39, 0.29) is 33.9 Å². The van der Waals surface area contributed by atoms with Crippen LogP contribution in [0.1, 0.15) is 15.9 Å². The molecule has 1 aliphatic heterocycles. The molecule has 202 valence electrons. The van der Waals surface area contributed by atoms with Gasteiger partial charge < -0.3 is 24.3 Å². The molecule has 0 spiro atoms. The number of nitrogens with one attached hydrogen (secondary N) is 1. The van der Waals surface area contributed by atoms with Crippen molar-refractivity contribution in [3.8, 4) is 17.6 Å². The molecule has 0 atom stereocenters. The van der Waals surface area contributed by atoms with Gasteiger partial charge >= 0.3 is 6.18 Å². The van der Waals surface area contributed by atoms with Crippen LogP contribution in [0.15, 0.2) is 41.6 Å². The molecule has 0 aliphatic carbocycles. The number of hydrogen-bond acceptors (Lipinski definition) is 7. The van der Waals surface area contributed by atoms with E-state index in [1.807, 2.05) is 0 Å². The summed E-state index contributed by atoms with van der Waals surface area (Å²) in [7, 11) is -2.00. The maximum Gasteiger partial charge on any atom is 0.406 e. The number of methoxy groups -OCH3 is 1. The standard InChI is InChI=1S/C25H25F3N4O5S/c1-36-22-6-5-18(38(2,34)35)14-20(22)29-7-3-4-17-12-19(24(33)31-8-10-37-11-9-31)23-21(13-17)32(16-30-23)15-25(26,27)28/h5-6,12-14,16,29H,7-11,15H2,1-2H3. The quantitative estimate of drug-likeness (QED) is 0.471. The maximum absolute atomic E-state index is 13.2. The van der Waals surface area contributed by atoms with Crippen LogP contribution in [-0.2, 0) is 21.1 Å². The van der Waals surface area contributed by atoms with Gasteiger partial charge in [0.15, 0.2) is 9.84 Å². The van der Waals surface area contributed by atoms with Gasteiger partial charge in [-0.2, -0.15) is 13.2 Å². The van der Waals surface area contributed by atoms with E-state index in [2.05, 4.69) is 22.1 Å². The lowest BCUT2D eigenvalue weighted by molar-refractivity contribution is -0.139. The number of sulfone groups is 1. The topological polar surface area (TPSA) is 103 Å². The van der Waals surface area contributed by atoms with Crippen LogP contribution in [0, 0.1) is 11.8 Å². The predicted octanol–water partition coefficient (Wildman–Crippen LogP) is 2.95. The highest BCUT2D eigenvalue weighted by molar-refractivity contribution is 7.90. The molecule has 0 saturated carbocycles. The molecule has 1 saturated heterocycles. The highest BCUT2D eigenvalue weighted by Gasteiger charge is 2.30. The van der Waals surface area contributed by atoms with Crippen LogP contribution < -0.4 is 10.1 Å². The fraction of sp³-hybridized carbons (Fsp3) is 0.360. The van der Waals surface area contributed by atoms with Gasteiger partial charge in [-0.3, -0.25) is 4.79 Å². The zero-order chi connectivity index (χ0) is 27.5. The molecule has 0 bridgehead atoms. The zero-order valence-electron chi connectivity index (χ0n) is 20.6. The number of aromatic nitrogens is 2. The lowest BCUT2D eigenvalue weighted by Crippen LogP contribution is -2.40. The van der Waals surface area contributed by atoms with E-state index in [9.17, 15) is 26.4 Å². The van der Waals surface area contributed by atoms with Crippen molar-refractivity contribution < 1.29 is 35.9 Å². The summed E-state index contributed by atoms with van der Waals surface area (Å²) in [4.78, 5) is 19.0. The summed E-state index contributed by atoms with van der Waals surface area (Å²) in [5, 5.41) is 2.99. The lowest BCUT2D eigenvalue weighted by atomic mass is 10.1. The molecule has 4 rings (SSSR count). The Morgan fingerprint density at radius 3 is 2.61 bits per heavy atom. The van der Waals surface area contributed by atoms with Gasteiger partial charge in [-0.1, -0.05) is 11.8 Å². The molecule has 0 radical (unpaired) electrons. The number of fused-ring (bicyclic) bond motifs is 1. The summed E-state index contributed by atoms with van der Waals surface area (Å²) in [6.45, 7) is 0.258. The summed E-state index contributed by atoms with van der Waals surface area (Å²) in [6, 6.07) is 7.35. The van der Waals surface area contributed by atoms with Crippen molar-refractivity contribution in [2.24, 2.45) is 0 Å². The van der Waals surface area contributed by atoms with Crippen molar-refractivity contribution in [3.63, 3.8) is 0 Å². The number of halogens is 3. The minimum Gasteiger partial charge on any atom is -0.495 e. The highest BCUT2D eigenvalue weighted by Crippen LogP contribution is 2.28. The Bertz CT molecular complexity index is 1520. The van der Waals surface area contributed by atoms with Gasteiger partial charge in [0.1, 0.15) is 17.8 Å². The second-order valence-corrected chi connectivity index (χ2v) is 10.6. The second-order valence-electron chi connectivity index (χ2n) is 8.57. The molecule has 13 heteroatoms. The Balaban J connectivity index is 1.65. The largest absolute Gasteiger partial charge is 0.495 e. The lowest BCUT2D eigenvalue weighted by Gasteiger charge is -2.27. The maximum atomic E-state index is 13.2. The van der Waals surface area contributed by atoms with Gasteiger partial charge in [0.05, 0.1) is 54.9 Å². The molecular weight excluding hydrogens is 525 g/mol. The zero-order valence-corrected chi connectivity index (χ0v) is 21.4. The Kier molecular flexibility index (Phi) is 7.84. The van der Waals surface area contributed by atoms with Crippen molar-refractivity contribution in [1.82, 2.24) is 14.5 Å². The minimum absolute atomic E-state index is 0.0656. The average Bonchev–Trinajstić information content (AvgIpc) is 3.26. The van der Waals surface area contributed by atoms with Crippen LogP contribution in [0.4, 0.5) is 18.9 Å². The number of ether oxygens (including phenoxy) is 2. The first-order chi connectivity index (χ1) is 18.0. The van der Waals surface area contributed by atoms with Gasteiger partial charge in [-0.15, -0.1) is 0 Å². The summed E-state index contributed by atoms with van der Waals surface area (Å²) in [5.74, 6) is 5.80. The first-order valence-electron chi connectivity index (χ1n) is 11.5. The number of carbonyl (C=O) groups excluding carboxylic acids is 1. The Morgan fingerprint density at radius 2 is 1.95 bits per heavy atom. The number of alkyl halides is 3. The van der Waals surface area contributed by atoms with Crippen molar-refractivity contribution in [2.45, 2.75) is 17.6 Å². The third-order valence-electron chi connectivity index (χ3n) is 5.80. The summed E-state index contributed by atoms with van der Waals surface area (Å²) in [5.41, 5.74) is 1.20. The Hall–Kier alpha value is -3.76. The molecule has 38 heavy (non-hydrogen) atoms. The van der Waals surface area contributed by atoms with Crippen LogP contribution in [0.5, 0.6) is 5.75 Å². The van der Waals surface area contributed by atoms with E-state index < -0.39 is 22.6 Å². The van der Waals surface area contributed by atoms with Gasteiger partial charge in [0.25, 0.3) is 5.91 Å². The molecule has 1 aliphatic rings. The van der Waals surface area contributed by atoms with Crippen LogP contribution in [0.3, 0.4) is 0 Å². The summed E-state index contributed by atoms with van der Waals surface area (Å²) < 4.78 is 74.7. The molecule has 0 unspecified atom stereocenters. The van der Waals surface area contributed by atoms with E-state index in [0.717, 1.165) is 17.2 Å². The van der Waals surface area contributed by atoms with Crippen molar-refractivity contribution in [2.75, 3.05) is 51.5 Å². The molecule has 1 aromatic heterocycles. The first-order valence-corrected chi connectivity index (χ1v) is 13.4. The van der Waals surface area contributed by atoms with Gasteiger partial charge in [-0.25, -0.2) is 13.4 Å². The molecule has 1 amide bonds. The number of anilines is 1. The van der Waals surface area contributed by atoms with E-state index in [1.165, 1.54) is 37.4 Å². The normalized spacial score (nSPS) is 14.2. The molecule has 1 fully saturated rings. The summed E-state index contributed by atoms with van der Waals surface area (Å²) >= 11 is 0. The fourth-order valence-electron chi connectivity index (χ4n) is 4.00. The fourth-order valence-corrected chi connectivity index (χ4v) is 4.64. The number of carbonyl (C=O) groups is 1. The summed E-state index contributed by atoms with van der Waals surface area (Å²) in [6.07, 6.45) is -2.32. The Labute approximate surface area is 217 Å². The number of amides is 1. The third kappa shape index (κ3) is 6.38. The molecule has 2 aromatic carbocycles. The van der Waals surface area contributed by atoms with E-state index in [4.69, 9.17) is 9.47 Å². The molecule has 9 nitrogen and oxygen atoms in total. The molecule has 2 heterocycles. The van der Waals surface area contributed by atoms with E-state index >= 15 is 0 Å².